The minimum atomic E-state index is -0.374. The molecular weight excluding hydrogens is 562 g/mol. The molecule has 0 radical (unpaired) electrons. The van der Waals surface area contributed by atoms with Gasteiger partial charge in [-0.3, -0.25) is 19.1 Å². The second kappa shape index (κ2) is 10.4. The van der Waals surface area contributed by atoms with Gasteiger partial charge in [0, 0.05) is 54.7 Å². The molecule has 0 bridgehead atoms. The molecule has 1 aliphatic heterocycles. The minimum absolute atomic E-state index is 0.189. The average Bonchev–Trinajstić information content (AvgIpc) is 3.40. The number of aromatic nitrogens is 7. The standard InChI is InChI=1S/C24H22ClN9O3S2/c1-2-14-19(25)18-21(30-14)31-23(39-13-5-15-20(29-7-13)27-4-3-26-15)32-22(18)33-8-12(9-33)6-28-16(35)10-34-17(36)11-38-24(34)37/h3-5,7,11-12,36H,2,6,8-10H2,1H3,(H,28,35)(H,30,31,32). The molecule has 1 amide bonds. The van der Waals surface area contributed by atoms with E-state index < -0.39 is 0 Å². The van der Waals surface area contributed by atoms with E-state index in [-0.39, 0.29) is 29.1 Å². The maximum absolute atomic E-state index is 12.3. The van der Waals surface area contributed by atoms with Gasteiger partial charge < -0.3 is 20.3 Å². The molecule has 6 rings (SSSR count). The molecule has 15 heteroatoms. The summed E-state index contributed by atoms with van der Waals surface area (Å²) in [6.07, 6.45) is 5.68. The molecule has 0 spiro atoms. The van der Waals surface area contributed by atoms with Gasteiger partial charge in [-0.1, -0.05) is 29.9 Å². The van der Waals surface area contributed by atoms with Crippen molar-refractivity contribution >= 4 is 68.6 Å². The number of carbonyl (C=O) groups is 1. The number of halogens is 1. The topological polar surface area (TPSA) is 155 Å². The maximum Gasteiger partial charge on any atom is 0.310 e. The van der Waals surface area contributed by atoms with Crippen molar-refractivity contribution in [3.63, 3.8) is 0 Å². The zero-order chi connectivity index (χ0) is 27.1. The van der Waals surface area contributed by atoms with Crippen molar-refractivity contribution < 1.29 is 9.90 Å². The Morgan fingerprint density at radius 3 is 2.87 bits per heavy atom. The molecule has 0 unspecified atom stereocenters. The number of hydrogen-bond donors (Lipinski definition) is 3. The number of H-pyrrole nitrogens is 1. The number of aromatic hydroxyl groups is 1. The smallest absolute Gasteiger partial charge is 0.310 e. The quantitative estimate of drug-likeness (QED) is 0.232. The van der Waals surface area contributed by atoms with Gasteiger partial charge in [-0.2, -0.15) is 0 Å². The van der Waals surface area contributed by atoms with Crippen molar-refractivity contribution in [1.82, 2.24) is 39.8 Å². The molecule has 200 valence electrons. The lowest BCUT2D eigenvalue weighted by molar-refractivity contribution is -0.122. The summed E-state index contributed by atoms with van der Waals surface area (Å²) in [5, 5.41) is 15.8. The Morgan fingerprint density at radius 1 is 1.28 bits per heavy atom. The van der Waals surface area contributed by atoms with Gasteiger partial charge in [0.1, 0.15) is 23.5 Å². The maximum atomic E-state index is 12.3. The first-order valence-electron chi connectivity index (χ1n) is 12.1. The zero-order valence-electron chi connectivity index (χ0n) is 20.6. The number of fused-ring (bicyclic) bond motifs is 2. The molecule has 1 aliphatic rings. The van der Waals surface area contributed by atoms with Gasteiger partial charge in [0.15, 0.2) is 10.8 Å². The highest BCUT2D eigenvalue weighted by atomic mass is 35.5. The van der Waals surface area contributed by atoms with Crippen LogP contribution in [0, 0.1) is 5.92 Å². The van der Waals surface area contributed by atoms with E-state index in [9.17, 15) is 14.7 Å². The third-order valence-electron chi connectivity index (χ3n) is 6.39. The van der Waals surface area contributed by atoms with E-state index in [4.69, 9.17) is 21.6 Å². The number of amides is 1. The Kier molecular flexibility index (Phi) is 6.83. The van der Waals surface area contributed by atoms with Crippen molar-refractivity contribution in [2.75, 3.05) is 24.5 Å². The first-order chi connectivity index (χ1) is 18.9. The lowest BCUT2D eigenvalue weighted by Gasteiger charge is -2.40. The summed E-state index contributed by atoms with van der Waals surface area (Å²) in [6, 6.07) is 1.90. The largest absolute Gasteiger partial charge is 0.494 e. The van der Waals surface area contributed by atoms with Gasteiger partial charge in [0.05, 0.1) is 15.8 Å². The number of nitrogens with one attached hydrogen (secondary N) is 2. The van der Waals surface area contributed by atoms with Crippen molar-refractivity contribution in [1.29, 1.82) is 0 Å². The summed E-state index contributed by atoms with van der Waals surface area (Å²) in [5.41, 5.74) is 2.81. The number of hydrogen-bond acceptors (Lipinski definition) is 11. The van der Waals surface area contributed by atoms with Crippen LogP contribution in [-0.2, 0) is 17.8 Å². The van der Waals surface area contributed by atoms with Crippen LogP contribution >= 0.6 is 34.7 Å². The Morgan fingerprint density at radius 2 is 2.10 bits per heavy atom. The highest BCUT2D eigenvalue weighted by Crippen LogP contribution is 2.38. The summed E-state index contributed by atoms with van der Waals surface area (Å²) in [7, 11) is 0. The lowest BCUT2D eigenvalue weighted by Crippen LogP contribution is -2.52. The van der Waals surface area contributed by atoms with Gasteiger partial charge in [-0.05, 0) is 24.2 Å². The van der Waals surface area contributed by atoms with E-state index in [0.717, 1.165) is 44.1 Å². The minimum Gasteiger partial charge on any atom is -0.494 e. The molecule has 39 heavy (non-hydrogen) atoms. The van der Waals surface area contributed by atoms with Crippen LogP contribution in [-0.4, -0.2) is 65.1 Å². The van der Waals surface area contributed by atoms with Gasteiger partial charge in [0.2, 0.25) is 11.8 Å². The molecule has 0 aromatic carbocycles. The van der Waals surface area contributed by atoms with Crippen LogP contribution in [0.4, 0.5) is 5.82 Å². The number of carbonyl (C=O) groups excluding carboxylic acids is 1. The number of aryl methyl sites for hydroxylation is 1. The van der Waals surface area contributed by atoms with Crippen molar-refractivity contribution in [3.05, 3.63) is 50.4 Å². The highest BCUT2D eigenvalue weighted by molar-refractivity contribution is 7.99. The fraction of sp³-hybridized carbons (Fsp3) is 0.292. The Hall–Kier alpha value is -3.75. The van der Waals surface area contributed by atoms with E-state index in [0.29, 0.717) is 46.6 Å². The van der Waals surface area contributed by atoms with Crippen LogP contribution in [0.2, 0.25) is 5.02 Å². The first-order valence-corrected chi connectivity index (χ1v) is 14.2. The third-order valence-corrected chi connectivity index (χ3v) is 8.39. The molecule has 5 aromatic rings. The first kappa shape index (κ1) is 25.5. The van der Waals surface area contributed by atoms with Gasteiger partial charge >= 0.3 is 4.87 Å². The number of thiazole rings is 1. The number of rotatable bonds is 8. The summed E-state index contributed by atoms with van der Waals surface area (Å²) in [4.78, 5) is 52.5. The summed E-state index contributed by atoms with van der Waals surface area (Å²) >= 11 is 8.95. The van der Waals surface area contributed by atoms with Crippen LogP contribution in [0.3, 0.4) is 0 Å². The Labute approximate surface area is 234 Å². The number of anilines is 1. The van der Waals surface area contributed by atoms with E-state index in [2.05, 4.69) is 30.2 Å². The second-order valence-electron chi connectivity index (χ2n) is 9.02. The van der Waals surface area contributed by atoms with Crippen LogP contribution in [0.15, 0.2) is 44.9 Å². The van der Waals surface area contributed by atoms with Crippen LogP contribution in [0.25, 0.3) is 22.2 Å². The predicted molar refractivity (Wildman–Crippen MR) is 149 cm³/mol. The molecular formula is C24H22ClN9O3S2. The Bertz CT molecular complexity index is 1760. The molecule has 1 fully saturated rings. The fourth-order valence-corrected chi connectivity index (χ4v) is 6.12. The monoisotopic (exact) mass is 583 g/mol. The van der Waals surface area contributed by atoms with Gasteiger partial charge in [0.25, 0.3) is 0 Å². The van der Waals surface area contributed by atoms with E-state index >= 15 is 0 Å². The second-order valence-corrected chi connectivity index (χ2v) is 11.3. The number of pyridine rings is 1. The molecule has 0 saturated carbocycles. The number of nitrogens with zero attached hydrogens (tertiary/aromatic N) is 7. The SMILES string of the molecule is CCc1[nH]c2nc(Sc3cnc4nccnc4c3)nc(N3CC(CNC(=O)Cn4c(O)csc4=O)C3)c2c1Cl. The summed E-state index contributed by atoms with van der Waals surface area (Å²) < 4.78 is 1.04. The molecule has 1 saturated heterocycles. The summed E-state index contributed by atoms with van der Waals surface area (Å²) in [6.45, 7) is 3.57. The van der Waals surface area contributed by atoms with Crippen molar-refractivity contribution in [2.24, 2.45) is 5.92 Å². The lowest BCUT2D eigenvalue weighted by atomic mass is 10.00. The molecule has 6 heterocycles. The van der Waals surface area contributed by atoms with Crippen LogP contribution < -0.4 is 15.1 Å². The van der Waals surface area contributed by atoms with Crippen LogP contribution in [0.1, 0.15) is 12.6 Å². The van der Waals surface area contributed by atoms with Gasteiger partial charge in [-0.25, -0.2) is 19.9 Å². The molecule has 12 nitrogen and oxygen atoms in total. The third kappa shape index (κ3) is 5.02. The van der Waals surface area contributed by atoms with E-state index in [1.807, 2.05) is 13.0 Å². The van der Waals surface area contributed by atoms with Crippen molar-refractivity contribution in [2.45, 2.75) is 29.9 Å². The normalized spacial score (nSPS) is 13.7. The summed E-state index contributed by atoms with van der Waals surface area (Å²) in [5.74, 6) is 0.379. The molecule has 0 aliphatic carbocycles. The Balaban J connectivity index is 1.19. The van der Waals surface area contributed by atoms with Crippen molar-refractivity contribution in [3.8, 4) is 5.88 Å². The highest BCUT2D eigenvalue weighted by Gasteiger charge is 2.31. The van der Waals surface area contributed by atoms with Crippen LogP contribution in [0.5, 0.6) is 5.88 Å². The predicted octanol–water partition coefficient (Wildman–Crippen LogP) is 2.84. The zero-order valence-corrected chi connectivity index (χ0v) is 23.0. The fourth-order valence-electron chi connectivity index (χ4n) is 4.39. The van der Waals surface area contributed by atoms with Gasteiger partial charge in [-0.15, -0.1) is 0 Å². The van der Waals surface area contributed by atoms with E-state index in [1.54, 1.807) is 18.6 Å². The molecule has 5 aromatic heterocycles. The number of aromatic amines is 1. The van der Waals surface area contributed by atoms with E-state index in [1.165, 1.54) is 17.1 Å². The average molecular weight is 584 g/mol. The molecule has 3 N–H and O–H groups in total. The molecule has 0 atom stereocenters.